The summed E-state index contributed by atoms with van der Waals surface area (Å²) in [6, 6.07) is 6.47. The number of carbonyl (C=O) groups excluding carboxylic acids is 1. The number of carboxylic acid groups (broad SMARTS) is 1. The maximum atomic E-state index is 11.2. The van der Waals surface area contributed by atoms with E-state index in [0.717, 1.165) is 0 Å². The fraction of sp³-hybridized carbons (Fsp3) is 0.273. The molecule has 0 saturated carbocycles. The number of benzene rings is 1. The third-order valence-corrected chi connectivity index (χ3v) is 1.83. The lowest BCUT2D eigenvalue weighted by atomic mass is 10.3. The second-order valence-corrected chi connectivity index (χ2v) is 3.04. The van der Waals surface area contributed by atoms with Crippen molar-refractivity contribution in [3.63, 3.8) is 0 Å². The standard InChI is InChI=1S/C11H12O5/c1-15-8-2-4-9(5-3-8)16-11(14)7-6-10(12)13/h2-5H,6-7H2,1H3,(H,12,13). The van der Waals surface area contributed by atoms with Crippen LogP contribution in [-0.4, -0.2) is 24.2 Å². The van der Waals surface area contributed by atoms with Gasteiger partial charge in [-0.2, -0.15) is 0 Å². The second kappa shape index (κ2) is 5.75. The van der Waals surface area contributed by atoms with Gasteiger partial charge in [0.2, 0.25) is 0 Å². The molecule has 0 saturated heterocycles. The first-order valence-corrected chi connectivity index (χ1v) is 4.68. The molecule has 1 aromatic rings. The largest absolute Gasteiger partial charge is 0.497 e. The highest BCUT2D eigenvalue weighted by molar-refractivity contribution is 5.78. The summed E-state index contributed by atoms with van der Waals surface area (Å²) in [6.07, 6.45) is -0.365. The zero-order valence-corrected chi connectivity index (χ0v) is 8.80. The lowest BCUT2D eigenvalue weighted by Crippen LogP contribution is -2.10. The highest BCUT2D eigenvalue weighted by atomic mass is 16.5. The number of rotatable bonds is 5. The molecule has 0 aliphatic carbocycles. The predicted molar refractivity (Wildman–Crippen MR) is 55.5 cm³/mol. The van der Waals surface area contributed by atoms with E-state index in [9.17, 15) is 9.59 Å². The van der Waals surface area contributed by atoms with Crippen LogP contribution in [0.5, 0.6) is 11.5 Å². The summed E-state index contributed by atoms with van der Waals surface area (Å²) in [4.78, 5) is 21.4. The predicted octanol–water partition coefficient (Wildman–Crippen LogP) is 1.47. The Morgan fingerprint density at radius 1 is 1.12 bits per heavy atom. The molecule has 1 aromatic carbocycles. The summed E-state index contributed by atoms with van der Waals surface area (Å²) in [7, 11) is 1.54. The second-order valence-electron chi connectivity index (χ2n) is 3.04. The van der Waals surface area contributed by atoms with Crippen molar-refractivity contribution in [2.75, 3.05) is 7.11 Å². The molecule has 0 heterocycles. The molecule has 0 spiro atoms. The van der Waals surface area contributed by atoms with Crippen LogP contribution in [0.25, 0.3) is 0 Å². The molecule has 5 nitrogen and oxygen atoms in total. The Labute approximate surface area is 92.6 Å². The van der Waals surface area contributed by atoms with E-state index >= 15 is 0 Å². The van der Waals surface area contributed by atoms with Gasteiger partial charge in [0.05, 0.1) is 20.0 Å². The Morgan fingerprint density at radius 2 is 1.69 bits per heavy atom. The smallest absolute Gasteiger partial charge is 0.311 e. The van der Waals surface area contributed by atoms with Gasteiger partial charge in [0.1, 0.15) is 11.5 Å². The van der Waals surface area contributed by atoms with Crippen molar-refractivity contribution in [1.82, 2.24) is 0 Å². The highest BCUT2D eigenvalue weighted by Gasteiger charge is 2.07. The van der Waals surface area contributed by atoms with Crippen molar-refractivity contribution in [2.24, 2.45) is 0 Å². The van der Waals surface area contributed by atoms with Crippen LogP contribution in [0.4, 0.5) is 0 Å². The minimum Gasteiger partial charge on any atom is -0.497 e. The molecule has 16 heavy (non-hydrogen) atoms. The average molecular weight is 224 g/mol. The molecule has 0 aliphatic rings. The number of aliphatic carboxylic acids is 1. The van der Waals surface area contributed by atoms with Crippen LogP contribution in [0, 0.1) is 0 Å². The zero-order chi connectivity index (χ0) is 12.0. The highest BCUT2D eigenvalue weighted by Crippen LogP contribution is 2.17. The van der Waals surface area contributed by atoms with E-state index < -0.39 is 11.9 Å². The molecule has 5 heteroatoms. The molecule has 0 atom stereocenters. The molecule has 0 aromatic heterocycles. The molecule has 0 amide bonds. The van der Waals surface area contributed by atoms with Crippen LogP contribution in [0.1, 0.15) is 12.8 Å². The van der Waals surface area contributed by atoms with Gasteiger partial charge in [-0.1, -0.05) is 0 Å². The first-order valence-electron chi connectivity index (χ1n) is 4.68. The fourth-order valence-corrected chi connectivity index (χ4v) is 1.04. The van der Waals surface area contributed by atoms with E-state index in [2.05, 4.69) is 0 Å². The molecule has 0 aliphatic heterocycles. The average Bonchev–Trinajstić information content (AvgIpc) is 2.27. The number of methoxy groups -OCH3 is 1. The van der Waals surface area contributed by atoms with Gasteiger partial charge in [-0.25, -0.2) is 0 Å². The summed E-state index contributed by atoms with van der Waals surface area (Å²) in [6.45, 7) is 0. The molecule has 0 fully saturated rings. The lowest BCUT2D eigenvalue weighted by molar-refractivity contribution is -0.142. The third-order valence-electron chi connectivity index (χ3n) is 1.83. The Bertz CT molecular complexity index is 368. The normalized spacial score (nSPS) is 9.56. The van der Waals surface area contributed by atoms with E-state index in [0.29, 0.717) is 11.5 Å². The Balaban J connectivity index is 2.46. The molecular formula is C11H12O5. The van der Waals surface area contributed by atoms with E-state index in [1.54, 1.807) is 24.3 Å². The quantitative estimate of drug-likeness (QED) is 0.605. The first-order chi connectivity index (χ1) is 7.61. The number of carbonyl (C=O) groups is 2. The van der Waals surface area contributed by atoms with Gasteiger partial charge in [-0.05, 0) is 24.3 Å². The number of hydrogen-bond donors (Lipinski definition) is 1. The monoisotopic (exact) mass is 224 g/mol. The van der Waals surface area contributed by atoms with Crippen molar-refractivity contribution < 1.29 is 24.2 Å². The lowest BCUT2D eigenvalue weighted by Gasteiger charge is -2.04. The van der Waals surface area contributed by atoms with Crippen LogP contribution >= 0.6 is 0 Å². The number of esters is 1. The fourth-order valence-electron chi connectivity index (χ4n) is 1.04. The molecular weight excluding hydrogens is 212 g/mol. The van der Waals surface area contributed by atoms with Crippen LogP contribution in [0.3, 0.4) is 0 Å². The van der Waals surface area contributed by atoms with Crippen LogP contribution < -0.4 is 9.47 Å². The van der Waals surface area contributed by atoms with Crippen molar-refractivity contribution >= 4 is 11.9 Å². The van der Waals surface area contributed by atoms with Crippen molar-refractivity contribution in [3.05, 3.63) is 24.3 Å². The molecule has 0 radical (unpaired) electrons. The molecule has 1 N–H and O–H groups in total. The van der Waals surface area contributed by atoms with Crippen molar-refractivity contribution in [1.29, 1.82) is 0 Å². The number of carboxylic acids is 1. The van der Waals surface area contributed by atoms with Crippen LogP contribution in [-0.2, 0) is 9.59 Å². The summed E-state index contributed by atoms with van der Waals surface area (Å²) >= 11 is 0. The first kappa shape index (κ1) is 12.0. The molecule has 86 valence electrons. The molecule has 0 bridgehead atoms. The van der Waals surface area contributed by atoms with E-state index in [1.807, 2.05) is 0 Å². The van der Waals surface area contributed by atoms with Gasteiger partial charge in [0.25, 0.3) is 0 Å². The number of ether oxygens (including phenoxy) is 2. The van der Waals surface area contributed by atoms with Crippen molar-refractivity contribution in [2.45, 2.75) is 12.8 Å². The van der Waals surface area contributed by atoms with Gasteiger partial charge in [0, 0.05) is 0 Å². The SMILES string of the molecule is COc1ccc(OC(=O)CCC(=O)O)cc1. The van der Waals surface area contributed by atoms with E-state index in [1.165, 1.54) is 7.11 Å². The maximum Gasteiger partial charge on any atom is 0.311 e. The van der Waals surface area contributed by atoms with Gasteiger partial charge in [-0.3, -0.25) is 9.59 Å². The minimum atomic E-state index is -1.02. The van der Waals surface area contributed by atoms with Gasteiger partial charge >= 0.3 is 11.9 Å². The third kappa shape index (κ3) is 4.00. The Kier molecular flexibility index (Phi) is 4.32. The molecule has 1 rings (SSSR count). The Morgan fingerprint density at radius 3 is 2.19 bits per heavy atom. The van der Waals surface area contributed by atoms with E-state index in [4.69, 9.17) is 14.6 Å². The molecule has 0 unspecified atom stereocenters. The summed E-state index contributed by atoms with van der Waals surface area (Å²) < 4.78 is 9.84. The summed E-state index contributed by atoms with van der Waals surface area (Å²) in [5.74, 6) is -0.555. The Hall–Kier alpha value is -2.04. The van der Waals surface area contributed by atoms with Crippen LogP contribution in [0.15, 0.2) is 24.3 Å². The zero-order valence-electron chi connectivity index (χ0n) is 8.80. The van der Waals surface area contributed by atoms with Gasteiger partial charge in [-0.15, -0.1) is 0 Å². The van der Waals surface area contributed by atoms with Gasteiger partial charge < -0.3 is 14.6 Å². The number of hydrogen-bond acceptors (Lipinski definition) is 4. The summed E-state index contributed by atoms with van der Waals surface area (Å²) in [5.41, 5.74) is 0. The summed E-state index contributed by atoms with van der Waals surface area (Å²) in [5, 5.41) is 8.37. The van der Waals surface area contributed by atoms with Gasteiger partial charge in [0.15, 0.2) is 0 Å². The van der Waals surface area contributed by atoms with E-state index in [-0.39, 0.29) is 12.8 Å². The van der Waals surface area contributed by atoms with Crippen molar-refractivity contribution in [3.8, 4) is 11.5 Å². The topological polar surface area (TPSA) is 72.8 Å². The van der Waals surface area contributed by atoms with Crippen LogP contribution in [0.2, 0.25) is 0 Å². The maximum absolute atomic E-state index is 11.2. The minimum absolute atomic E-state index is 0.138.